The van der Waals surface area contributed by atoms with Gasteiger partial charge in [-0.3, -0.25) is 0 Å². The van der Waals surface area contributed by atoms with Crippen molar-refractivity contribution in [1.82, 2.24) is 0 Å². The first kappa shape index (κ1) is 38.3. The molecule has 0 aromatic heterocycles. The van der Waals surface area contributed by atoms with Crippen molar-refractivity contribution in [2.75, 3.05) is 11.5 Å². The zero-order chi connectivity index (χ0) is 42.6. The Bertz CT molecular complexity index is 2650. The third-order valence-electron chi connectivity index (χ3n) is 17.2. The van der Waals surface area contributed by atoms with Gasteiger partial charge in [-0.25, -0.2) is 0 Å². The lowest BCUT2D eigenvalue weighted by molar-refractivity contribution is -0.109. The maximum Gasteiger partial charge on any atom is 0.142 e. The molecule has 0 saturated heterocycles. The predicted octanol–water partition coefficient (Wildman–Crippen LogP) is 14.3. The number of hydrogen-bond donors (Lipinski definition) is 4. The van der Waals surface area contributed by atoms with Gasteiger partial charge in [-0.15, -0.1) is 0 Å². The summed E-state index contributed by atoms with van der Waals surface area (Å²) >= 11 is 0. The van der Waals surface area contributed by atoms with Crippen molar-refractivity contribution >= 4 is 32.9 Å². The molecule has 8 aliphatic rings. The van der Waals surface area contributed by atoms with E-state index < -0.39 is 0 Å². The normalized spacial score (nSPS) is 34.0. The third kappa shape index (κ3) is 5.80. The highest BCUT2D eigenvalue weighted by Gasteiger charge is 2.62. The molecule has 8 fully saturated rings. The summed E-state index contributed by atoms with van der Waals surface area (Å²) in [6.07, 6.45) is 15.4. The molecule has 8 saturated carbocycles. The molecular formula is C56H60N2O4. The number of rotatable bonds is 7. The first-order valence-electron chi connectivity index (χ1n) is 23.2. The van der Waals surface area contributed by atoms with Gasteiger partial charge in [-0.05, 0) is 190 Å². The summed E-state index contributed by atoms with van der Waals surface area (Å²) in [5.41, 5.74) is 19.2. The van der Waals surface area contributed by atoms with E-state index in [9.17, 15) is 10.2 Å². The quantitative estimate of drug-likeness (QED) is 0.0942. The highest BCUT2D eigenvalue weighted by atomic mass is 16.5. The summed E-state index contributed by atoms with van der Waals surface area (Å²) in [6.45, 7) is 10.2. The van der Waals surface area contributed by atoms with E-state index in [1.165, 1.54) is 98.9 Å². The summed E-state index contributed by atoms with van der Waals surface area (Å²) < 4.78 is 13.9. The molecule has 8 bridgehead atoms. The van der Waals surface area contributed by atoms with Crippen LogP contribution in [0.3, 0.4) is 0 Å². The average molecular weight is 825 g/mol. The van der Waals surface area contributed by atoms with Gasteiger partial charge in [0.1, 0.15) is 34.5 Å². The van der Waals surface area contributed by atoms with Crippen LogP contribution < -0.4 is 20.9 Å². The lowest BCUT2D eigenvalue weighted by Gasteiger charge is -2.66. The fourth-order valence-corrected chi connectivity index (χ4v) is 17.2. The lowest BCUT2D eigenvalue weighted by atomic mass is 9.39. The molecule has 6 N–H and O–H groups in total. The Hall–Kier alpha value is -5.36. The van der Waals surface area contributed by atoms with Gasteiger partial charge >= 0.3 is 0 Å². The van der Waals surface area contributed by atoms with E-state index in [-0.39, 0.29) is 22.3 Å². The number of fused-ring (bicyclic) bond motifs is 2. The van der Waals surface area contributed by atoms with Crippen molar-refractivity contribution in [1.29, 1.82) is 0 Å². The summed E-state index contributed by atoms with van der Waals surface area (Å²) in [6, 6.07) is 33.0. The minimum absolute atomic E-state index is 0.0177. The van der Waals surface area contributed by atoms with Crippen molar-refractivity contribution in [3.8, 4) is 45.6 Å². The zero-order valence-corrected chi connectivity index (χ0v) is 36.7. The fourth-order valence-electron chi connectivity index (χ4n) is 17.2. The van der Waals surface area contributed by atoms with Crippen LogP contribution in [0.5, 0.6) is 34.5 Å². The Morgan fingerprint density at radius 1 is 0.452 bits per heavy atom. The molecule has 6 heteroatoms. The molecule has 6 aromatic rings. The third-order valence-corrected chi connectivity index (χ3v) is 17.2. The van der Waals surface area contributed by atoms with Gasteiger partial charge < -0.3 is 31.2 Å². The van der Waals surface area contributed by atoms with E-state index in [4.69, 9.17) is 20.9 Å². The number of phenols is 2. The van der Waals surface area contributed by atoms with Crippen molar-refractivity contribution in [2.45, 2.75) is 116 Å². The first-order chi connectivity index (χ1) is 29.5. The number of anilines is 2. The predicted molar refractivity (Wildman–Crippen MR) is 250 cm³/mol. The first-order valence-corrected chi connectivity index (χ1v) is 23.2. The molecule has 8 aliphatic carbocycles. The molecule has 318 valence electrons. The van der Waals surface area contributed by atoms with Gasteiger partial charge in [0, 0.05) is 23.3 Å². The minimum Gasteiger partial charge on any atom is -0.506 e. The molecule has 0 amide bonds. The van der Waals surface area contributed by atoms with Crippen LogP contribution in [0, 0.1) is 33.5 Å². The van der Waals surface area contributed by atoms with Gasteiger partial charge in [0.25, 0.3) is 0 Å². The van der Waals surface area contributed by atoms with Crippen LogP contribution >= 0.6 is 0 Å². The van der Waals surface area contributed by atoms with E-state index in [0.29, 0.717) is 56.0 Å². The van der Waals surface area contributed by atoms with E-state index in [1.54, 1.807) is 24.3 Å². The van der Waals surface area contributed by atoms with Crippen molar-refractivity contribution < 1.29 is 19.7 Å². The van der Waals surface area contributed by atoms with E-state index in [1.807, 2.05) is 12.1 Å². The number of nitrogens with two attached hydrogens (primary N) is 2. The molecule has 6 nitrogen and oxygen atoms in total. The zero-order valence-electron chi connectivity index (χ0n) is 36.7. The fraction of sp³-hybridized carbons (Fsp3) is 0.429. The summed E-state index contributed by atoms with van der Waals surface area (Å²) in [5, 5.41) is 26.3. The summed E-state index contributed by atoms with van der Waals surface area (Å²) in [7, 11) is 0. The van der Waals surface area contributed by atoms with Gasteiger partial charge in [0.15, 0.2) is 0 Å². The lowest BCUT2D eigenvalue weighted by Crippen LogP contribution is -2.56. The Kier molecular flexibility index (Phi) is 7.81. The standard InChI is InChI=1S/C56H60N2O4/c1-51-21-33-22-52(2,27-51)30-55(25-33,29-51)41-9-5-7-39-37(41)13-17-47(61-35-11-15-43(57)45(59)19-35)49(39)50-40-8-6-10-42(56-26-34-23-53(3,31-56)28-54(4,24-34)32-56)38(40)14-18-48(50)62-36-12-16-44(58)46(60)20-36/h5-20,33-34,59-60H,21-32,57-58H2,1-4H3. The van der Waals surface area contributed by atoms with E-state index in [0.717, 1.165) is 33.7 Å². The molecule has 62 heavy (non-hydrogen) atoms. The maximum absolute atomic E-state index is 10.8. The van der Waals surface area contributed by atoms with Crippen LogP contribution in [0.4, 0.5) is 11.4 Å². The number of benzene rings is 6. The van der Waals surface area contributed by atoms with E-state index >= 15 is 0 Å². The van der Waals surface area contributed by atoms with Gasteiger partial charge in [0.2, 0.25) is 0 Å². The molecule has 4 atom stereocenters. The van der Waals surface area contributed by atoms with Crippen LogP contribution in [0.25, 0.3) is 32.7 Å². The largest absolute Gasteiger partial charge is 0.506 e. The van der Waals surface area contributed by atoms with E-state index in [2.05, 4.69) is 88.4 Å². The molecule has 14 rings (SSSR count). The van der Waals surface area contributed by atoms with Crippen LogP contribution in [0.2, 0.25) is 0 Å². The maximum atomic E-state index is 10.8. The van der Waals surface area contributed by atoms with Gasteiger partial charge in [0.05, 0.1) is 11.4 Å². The monoisotopic (exact) mass is 824 g/mol. The van der Waals surface area contributed by atoms with Crippen molar-refractivity contribution in [2.24, 2.45) is 33.5 Å². The van der Waals surface area contributed by atoms with Crippen LogP contribution in [-0.4, -0.2) is 10.2 Å². The summed E-state index contributed by atoms with van der Waals surface area (Å²) in [4.78, 5) is 0. The Balaban J connectivity index is 1.13. The van der Waals surface area contributed by atoms with Crippen LogP contribution in [0.15, 0.2) is 97.1 Å². The molecule has 0 heterocycles. The Morgan fingerprint density at radius 3 is 1.19 bits per heavy atom. The summed E-state index contributed by atoms with van der Waals surface area (Å²) in [5.74, 6) is 3.79. The Morgan fingerprint density at radius 2 is 0.839 bits per heavy atom. The minimum atomic E-state index is -0.0177. The van der Waals surface area contributed by atoms with Gasteiger partial charge in [-0.2, -0.15) is 0 Å². The second-order valence-corrected chi connectivity index (χ2v) is 23.1. The molecule has 0 spiro atoms. The second kappa shape index (κ2) is 12.6. The van der Waals surface area contributed by atoms with Gasteiger partial charge in [-0.1, -0.05) is 76.2 Å². The smallest absolute Gasteiger partial charge is 0.142 e. The number of aromatic hydroxyl groups is 2. The molecule has 6 aromatic carbocycles. The average Bonchev–Trinajstić information content (AvgIpc) is 3.17. The topological polar surface area (TPSA) is 111 Å². The molecule has 0 aliphatic heterocycles. The highest BCUT2D eigenvalue weighted by Crippen LogP contribution is 2.72. The molecule has 4 unspecified atom stereocenters. The number of nitrogen functional groups attached to an aromatic ring is 2. The second-order valence-electron chi connectivity index (χ2n) is 23.1. The number of phenolic OH excluding ortho intramolecular Hbond substituents is 2. The van der Waals surface area contributed by atoms with Crippen LogP contribution in [0.1, 0.15) is 116 Å². The van der Waals surface area contributed by atoms with Crippen molar-refractivity contribution in [3.63, 3.8) is 0 Å². The number of hydrogen-bond acceptors (Lipinski definition) is 6. The van der Waals surface area contributed by atoms with Crippen molar-refractivity contribution in [3.05, 3.63) is 108 Å². The highest BCUT2D eigenvalue weighted by molar-refractivity contribution is 6.11. The molecular weight excluding hydrogens is 765 g/mol. The Labute approximate surface area is 365 Å². The number of ether oxygens (including phenoxy) is 2. The molecule has 0 radical (unpaired) electrons. The van der Waals surface area contributed by atoms with Crippen LogP contribution in [-0.2, 0) is 10.8 Å². The SMILES string of the molecule is CC12CC3CC(C)(C1)CC(c1cccc4c(-c5c(Oc6ccc(N)c(O)c6)ccc6c(C78CC9CC(C)(CC(C)(C9)C7)C8)cccc56)c(Oc5ccc(N)c(O)c5)ccc14)(C3)C2.